The third-order valence-electron chi connectivity index (χ3n) is 3.03. The van der Waals surface area contributed by atoms with Gasteiger partial charge in [0.1, 0.15) is 0 Å². The lowest BCUT2D eigenvalue weighted by molar-refractivity contribution is 0.0697. The van der Waals surface area contributed by atoms with E-state index in [0.29, 0.717) is 5.95 Å². The fourth-order valence-corrected chi connectivity index (χ4v) is 1.99. The molecule has 20 heavy (non-hydrogen) atoms. The first kappa shape index (κ1) is 12.2. The summed E-state index contributed by atoms with van der Waals surface area (Å²) >= 11 is 0. The van der Waals surface area contributed by atoms with E-state index in [4.69, 9.17) is 5.11 Å². The van der Waals surface area contributed by atoms with E-state index in [0.717, 1.165) is 11.1 Å². The molecule has 0 unspecified atom stereocenters. The first-order valence-corrected chi connectivity index (χ1v) is 6.01. The molecule has 2 aromatic heterocycles. The minimum absolute atomic E-state index is 0.257. The molecule has 0 amide bonds. The van der Waals surface area contributed by atoms with E-state index in [-0.39, 0.29) is 5.56 Å². The van der Waals surface area contributed by atoms with Crippen molar-refractivity contribution in [3.05, 3.63) is 54.6 Å². The van der Waals surface area contributed by atoms with Gasteiger partial charge in [-0.05, 0) is 17.7 Å². The van der Waals surface area contributed by atoms with Gasteiger partial charge in [-0.2, -0.15) is 5.10 Å². The number of aromatic nitrogens is 4. The Balaban J connectivity index is 2.00. The molecular weight excluding hydrogens is 256 g/mol. The average Bonchev–Trinajstić information content (AvgIpc) is 3.07. The summed E-state index contributed by atoms with van der Waals surface area (Å²) in [5, 5.41) is 13.3. The molecule has 6 heteroatoms. The molecule has 6 nitrogen and oxygen atoms in total. The summed E-state index contributed by atoms with van der Waals surface area (Å²) in [7, 11) is 1.88. The summed E-state index contributed by atoms with van der Waals surface area (Å²) in [4.78, 5) is 15.2. The second-order valence-corrected chi connectivity index (χ2v) is 4.40. The van der Waals surface area contributed by atoms with Crippen molar-refractivity contribution in [3.63, 3.8) is 0 Å². The summed E-state index contributed by atoms with van der Waals surface area (Å²) in [5.74, 6) is -0.242. The summed E-state index contributed by atoms with van der Waals surface area (Å²) in [5.41, 5.74) is 1.91. The highest BCUT2D eigenvalue weighted by Gasteiger charge is 2.09. The number of aryl methyl sites for hydroxylation is 1. The van der Waals surface area contributed by atoms with Crippen LogP contribution in [0, 0.1) is 0 Å². The second-order valence-electron chi connectivity index (χ2n) is 4.40. The SMILES string of the molecule is Cn1ccnc1-n1cc(-c2cccc(C(=O)O)c2)cn1. The van der Waals surface area contributed by atoms with Gasteiger partial charge in [-0.3, -0.25) is 0 Å². The maximum absolute atomic E-state index is 11.0. The lowest BCUT2D eigenvalue weighted by Crippen LogP contribution is -2.02. The van der Waals surface area contributed by atoms with Gasteiger partial charge in [-0.1, -0.05) is 12.1 Å². The Morgan fingerprint density at radius 2 is 2.15 bits per heavy atom. The van der Waals surface area contributed by atoms with Gasteiger partial charge >= 0.3 is 5.97 Å². The number of carboxylic acids is 1. The van der Waals surface area contributed by atoms with Gasteiger partial charge in [-0.25, -0.2) is 14.5 Å². The van der Waals surface area contributed by atoms with Gasteiger partial charge in [0.15, 0.2) is 0 Å². The van der Waals surface area contributed by atoms with Crippen LogP contribution in [0.2, 0.25) is 0 Å². The van der Waals surface area contributed by atoms with Gasteiger partial charge in [0, 0.05) is 31.2 Å². The van der Waals surface area contributed by atoms with Gasteiger partial charge in [0.2, 0.25) is 5.95 Å². The molecule has 0 spiro atoms. The highest BCUT2D eigenvalue weighted by atomic mass is 16.4. The van der Waals surface area contributed by atoms with Crippen LogP contribution in [0.15, 0.2) is 49.1 Å². The molecule has 1 N–H and O–H groups in total. The zero-order chi connectivity index (χ0) is 14.1. The fourth-order valence-electron chi connectivity index (χ4n) is 1.99. The Hall–Kier alpha value is -2.89. The number of aromatic carboxylic acids is 1. The van der Waals surface area contributed by atoms with Crippen LogP contribution in [0.5, 0.6) is 0 Å². The molecule has 0 atom stereocenters. The topological polar surface area (TPSA) is 72.9 Å². The Morgan fingerprint density at radius 3 is 2.85 bits per heavy atom. The maximum Gasteiger partial charge on any atom is 0.335 e. The van der Waals surface area contributed by atoms with Crippen LogP contribution in [-0.4, -0.2) is 30.4 Å². The number of hydrogen-bond donors (Lipinski definition) is 1. The Morgan fingerprint density at radius 1 is 1.30 bits per heavy atom. The van der Waals surface area contributed by atoms with E-state index >= 15 is 0 Å². The summed E-state index contributed by atoms with van der Waals surface area (Å²) in [6, 6.07) is 6.76. The number of carbonyl (C=O) groups is 1. The molecule has 0 saturated carbocycles. The molecule has 100 valence electrons. The molecule has 0 saturated heterocycles. The van der Waals surface area contributed by atoms with Crippen molar-refractivity contribution < 1.29 is 9.90 Å². The molecule has 3 rings (SSSR count). The van der Waals surface area contributed by atoms with Crippen molar-refractivity contribution in [2.45, 2.75) is 0 Å². The fraction of sp³-hybridized carbons (Fsp3) is 0.0714. The second kappa shape index (κ2) is 4.65. The first-order chi connectivity index (χ1) is 9.65. The van der Waals surface area contributed by atoms with E-state index in [2.05, 4.69) is 10.1 Å². The van der Waals surface area contributed by atoms with Gasteiger partial charge in [0.25, 0.3) is 0 Å². The van der Waals surface area contributed by atoms with Gasteiger partial charge in [-0.15, -0.1) is 0 Å². The molecule has 0 fully saturated rings. The zero-order valence-corrected chi connectivity index (χ0v) is 10.8. The van der Waals surface area contributed by atoms with Crippen LogP contribution in [-0.2, 0) is 7.05 Å². The van der Waals surface area contributed by atoms with Crippen LogP contribution in [0.4, 0.5) is 0 Å². The molecule has 2 heterocycles. The van der Waals surface area contributed by atoms with E-state index in [1.165, 1.54) is 0 Å². The maximum atomic E-state index is 11.0. The number of hydrogen-bond acceptors (Lipinski definition) is 3. The van der Waals surface area contributed by atoms with Gasteiger partial charge in [0.05, 0.1) is 11.8 Å². The lowest BCUT2D eigenvalue weighted by Gasteiger charge is -2.01. The van der Waals surface area contributed by atoms with Crippen molar-refractivity contribution in [1.29, 1.82) is 0 Å². The standard InChI is InChI=1S/C14H12N4O2/c1-17-6-5-15-14(17)18-9-12(8-16-18)10-3-2-4-11(7-10)13(19)20/h2-9H,1H3,(H,19,20). The normalized spacial score (nSPS) is 10.7. The first-order valence-electron chi connectivity index (χ1n) is 6.01. The number of carboxylic acid groups (broad SMARTS) is 1. The van der Waals surface area contributed by atoms with E-state index in [1.54, 1.807) is 35.3 Å². The molecule has 0 aliphatic carbocycles. The van der Waals surface area contributed by atoms with Crippen molar-refractivity contribution in [3.8, 4) is 17.1 Å². The van der Waals surface area contributed by atoms with E-state index in [9.17, 15) is 4.79 Å². The zero-order valence-electron chi connectivity index (χ0n) is 10.8. The largest absolute Gasteiger partial charge is 0.478 e. The predicted molar refractivity (Wildman–Crippen MR) is 72.7 cm³/mol. The molecule has 0 aliphatic heterocycles. The molecule has 3 aromatic rings. The average molecular weight is 268 g/mol. The molecular formula is C14H12N4O2. The van der Waals surface area contributed by atoms with Crippen LogP contribution < -0.4 is 0 Å². The monoisotopic (exact) mass is 268 g/mol. The Labute approximate surface area is 114 Å². The molecule has 0 radical (unpaired) electrons. The third kappa shape index (κ3) is 2.07. The summed E-state index contributed by atoms with van der Waals surface area (Å²) in [6.07, 6.45) is 7.04. The van der Waals surface area contributed by atoms with Crippen LogP contribution in [0.3, 0.4) is 0 Å². The Bertz CT molecular complexity index is 773. The van der Waals surface area contributed by atoms with E-state index < -0.39 is 5.97 Å². The third-order valence-corrected chi connectivity index (χ3v) is 3.03. The lowest BCUT2D eigenvalue weighted by atomic mass is 10.1. The minimum Gasteiger partial charge on any atom is -0.478 e. The van der Waals surface area contributed by atoms with Crippen molar-refractivity contribution in [1.82, 2.24) is 19.3 Å². The summed E-state index contributed by atoms with van der Waals surface area (Å²) in [6.45, 7) is 0. The smallest absolute Gasteiger partial charge is 0.335 e. The molecule has 1 aromatic carbocycles. The number of imidazole rings is 1. The van der Waals surface area contributed by atoms with Gasteiger partial charge < -0.3 is 9.67 Å². The van der Waals surface area contributed by atoms with Crippen molar-refractivity contribution >= 4 is 5.97 Å². The summed E-state index contributed by atoms with van der Waals surface area (Å²) < 4.78 is 3.51. The molecule has 0 bridgehead atoms. The highest BCUT2D eigenvalue weighted by molar-refractivity contribution is 5.89. The number of rotatable bonds is 3. The predicted octanol–water partition coefficient (Wildman–Crippen LogP) is 1.97. The quantitative estimate of drug-likeness (QED) is 0.788. The number of nitrogens with zero attached hydrogens (tertiary/aromatic N) is 4. The Kier molecular flexibility index (Phi) is 2.83. The van der Waals surface area contributed by atoms with Crippen LogP contribution in [0.1, 0.15) is 10.4 Å². The number of benzene rings is 1. The van der Waals surface area contributed by atoms with E-state index in [1.807, 2.05) is 30.1 Å². The highest BCUT2D eigenvalue weighted by Crippen LogP contribution is 2.20. The van der Waals surface area contributed by atoms with Crippen molar-refractivity contribution in [2.24, 2.45) is 7.05 Å². The van der Waals surface area contributed by atoms with Crippen molar-refractivity contribution in [2.75, 3.05) is 0 Å². The van der Waals surface area contributed by atoms with Crippen LogP contribution >= 0.6 is 0 Å². The minimum atomic E-state index is -0.941. The van der Waals surface area contributed by atoms with Crippen LogP contribution in [0.25, 0.3) is 17.1 Å². The molecule has 0 aliphatic rings.